The second kappa shape index (κ2) is 11.3. The zero-order valence-corrected chi connectivity index (χ0v) is 19.6. The van der Waals surface area contributed by atoms with Gasteiger partial charge >= 0.3 is 0 Å². The van der Waals surface area contributed by atoms with E-state index in [1.807, 2.05) is 6.07 Å². The lowest BCUT2D eigenvalue weighted by molar-refractivity contribution is -0.121. The Bertz CT molecular complexity index is 1130. The van der Waals surface area contributed by atoms with Gasteiger partial charge in [-0.25, -0.2) is 13.4 Å². The van der Waals surface area contributed by atoms with Crippen LogP contribution in [-0.2, 0) is 21.4 Å². The molecule has 0 atom stereocenters. The Kier molecular flexibility index (Phi) is 8.51. The van der Waals surface area contributed by atoms with Crippen LogP contribution in [-0.4, -0.2) is 59.8 Å². The molecule has 0 bridgehead atoms. The number of hydrogen-bond acceptors (Lipinski definition) is 7. The average molecular weight is 496 g/mol. The minimum absolute atomic E-state index is 0.0130. The van der Waals surface area contributed by atoms with Crippen molar-refractivity contribution in [1.29, 1.82) is 0 Å². The van der Waals surface area contributed by atoms with Gasteiger partial charge in [0.2, 0.25) is 15.9 Å². The maximum absolute atomic E-state index is 13.5. The van der Waals surface area contributed by atoms with Crippen LogP contribution >= 0.6 is 23.4 Å². The first-order valence-electron chi connectivity index (χ1n) is 9.52. The maximum Gasteiger partial charge on any atom is 0.247 e. The fraction of sp³-hybridized carbons (Fsp3) is 0.250. The van der Waals surface area contributed by atoms with Crippen LogP contribution in [0.1, 0.15) is 5.56 Å². The average Bonchev–Trinajstić information content (AvgIpc) is 3.30. The fourth-order valence-electron chi connectivity index (χ4n) is 2.82. The highest BCUT2D eigenvalue weighted by atomic mass is 35.5. The van der Waals surface area contributed by atoms with Crippen LogP contribution in [0.3, 0.4) is 0 Å². The molecule has 32 heavy (non-hydrogen) atoms. The number of amides is 1. The van der Waals surface area contributed by atoms with Crippen LogP contribution in [0.15, 0.2) is 64.9 Å². The van der Waals surface area contributed by atoms with Gasteiger partial charge in [0, 0.05) is 23.9 Å². The molecule has 1 heterocycles. The normalized spacial score (nSPS) is 11.5. The number of aromatic amines is 1. The van der Waals surface area contributed by atoms with E-state index in [0.29, 0.717) is 17.5 Å². The number of carbonyl (C=O) groups excluding carboxylic acids is 1. The predicted octanol–water partition coefficient (Wildman–Crippen LogP) is 2.57. The molecule has 0 unspecified atom stereocenters. The molecule has 3 rings (SSSR count). The lowest BCUT2D eigenvalue weighted by Gasteiger charge is -2.23. The molecular formula is C20H22ClN5O4S2. The van der Waals surface area contributed by atoms with E-state index in [1.165, 1.54) is 37.3 Å². The highest BCUT2D eigenvalue weighted by Crippen LogP contribution is 2.30. The van der Waals surface area contributed by atoms with Gasteiger partial charge in [-0.1, -0.05) is 53.7 Å². The summed E-state index contributed by atoms with van der Waals surface area (Å²) in [5.74, 6) is 0.272. The molecule has 1 aromatic heterocycles. The Morgan fingerprint density at radius 1 is 1.25 bits per heavy atom. The summed E-state index contributed by atoms with van der Waals surface area (Å²) >= 11 is 7.44. The first-order chi connectivity index (χ1) is 15.4. The number of methoxy groups -OCH3 is 1. The van der Waals surface area contributed by atoms with E-state index >= 15 is 0 Å². The largest absolute Gasteiger partial charge is 0.495 e. The third-order valence-electron chi connectivity index (χ3n) is 4.32. The van der Waals surface area contributed by atoms with E-state index in [1.54, 1.807) is 30.3 Å². The molecule has 3 aromatic rings. The van der Waals surface area contributed by atoms with Crippen molar-refractivity contribution in [2.45, 2.75) is 16.6 Å². The number of benzene rings is 2. The van der Waals surface area contributed by atoms with Gasteiger partial charge in [-0.3, -0.25) is 9.89 Å². The SMILES string of the molecule is COc1ccc(Cl)cc1S(=O)(=O)N(CC(=O)NCCSc1ncn[nH]1)Cc1ccccc1. The standard InChI is InChI=1S/C20H22ClN5O4S2/c1-30-17-8-7-16(21)11-18(17)32(28,29)26(12-15-5-3-2-4-6-15)13-19(27)22-9-10-31-20-23-14-24-25-20/h2-8,11,14H,9-10,12-13H2,1H3,(H,22,27)(H,23,24,25). The summed E-state index contributed by atoms with van der Waals surface area (Å²) in [5.41, 5.74) is 0.741. The van der Waals surface area contributed by atoms with Gasteiger partial charge in [0.25, 0.3) is 0 Å². The van der Waals surface area contributed by atoms with Gasteiger partial charge < -0.3 is 10.1 Å². The van der Waals surface area contributed by atoms with Gasteiger partial charge in [0.15, 0.2) is 5.16 Å². The van der Waals surface area contributed by atoms with Crippen molar-refractivity contribution >= 4 is 39.3 Å². The Morgan fingerprint density at radius 2 is 2.03 bits per heavy atom. The number of sulfonamides is 1. The van der Waals surface area contributed by atoms with Gasteiger partial charge in [0.05, 0.1) is 13.7 Å². The van der Waals surface area contributed by atoms with Crippen molar-refractivity contribution in [3.8, 4) is 5.75 Å². The zero-order chi connectivity index (χ0) is 23.0. The Hall–Kier alpha value is -2.60. The number of nitrogens with one attached hydrogen (secondary N) is 2. The van der Waals surface area contributed by atoms with Crippen LogP contribution in [0.25, 0.3) is 0 Å². The molecule has 0 aliphatic heterocycles. The van der Waals surface area contributed by atoms with E-state index in [4.69, 9.17) is 16.3 Å². The van der Waals surface area contributed by atoms with E-state index in [2.05, 4.69) is 20.5 Å². The molecule has 0 fully saturated rings. The third-order valence-corrected chi connectivity index (χ3v) is 7.25. The molecule has 0 saturated carbocycles. The second-order valence-corrected chi connectivity index (χ2v) is 9.97. The molecule has 170 valence electrons. The Morgan fingerprint density at radius 3 is 2.72 bits per heavy atom. The Balaban J connectivity index is 1.75. The molecule has 0 spiro atoms. The van der Waals surface area contributed by atoms with Crippen molar-refractivity contribution in [2.75, 3.05) is 26.0 Å². The number of halogens is 1. The van der Waals surface area contributed by atoms with Crippen molar-refractivity contribution in [2.24, 2.45) is 0 Å². The monoisotopic (exact) mass is 495 g/mol. The number of hydrogen-bond donors (Lipinski definition) is 2. The van der Waals surface area contributed by atoms with Crippen molar-refractivity contribution in [3.05, 3.63) is 65.4 Å². The first-order valence-corrected chi connectivity index (χ1v) is 12.3. The van der Waals surface area contributed by atoms with Gasteiger partial charge in [-0.05, 0) is 23.8 Å². The summed E-state index contributed by atoms with van der Waals surface area (Å²) in [4.78, 5) is 16.5. The summed E-state index contributed by atoms with van der Waals surface area (Å²) in [6.45, 7) is -0.0111. The quantitative estimate of drug-likeness (QED) is 0.310. The summed E-state index contributed by atoms with van der Waals surface area (Å²) in [6.07, 6.45) is 1.40. The predicted molar refractivity (Wildman–Crippen MR) is 122 cm³/mol. The van der Waals surface area contributed by atoms with Gasteiger partial charge in [-0.15, -0.1) is 0 Å². The smallest absolute Gasteiger partial charge is 0.247 e. The summed E-state index contributed by atoms with van der Waals surface area (Å²) in [6, 6.07) is 13.4. The van der Waals surface area contributed by atoms with Gasteiger partial charge in [0.1, 0.15) is 17.0 Å². The van der Waals surface area contributed by atoms with Crippen molar-refractivity contribution in [3.63, 3.8) is 0 Å². The number of nitrogens with zero attached hydrogens (tertiary/aromatic N) is 3. The molecule has 1 amide bonds. The summed E-state index contributed by atoms with van der Waals surface area (Å²) in [5, 5.41) is 10.1. The van der Waals surface area contributed by atoms with Crippen LogP contribution in [0.2, 0.25) is 5.02 Å². The molecule has 12 heteroatoms. The zero-order valence-electron chi connectivity index (χ0n) is 17.2. The lowest BCUT2D eigenvalue weighted by atomic mass is 10.2. The van der Waals surface area contributed by atoms with Crippen LogP contribution < -0.4 is 10.1 Å². The van der Waals surface area contributed by atoms with E-state index < -0.39 is 15.9 Å². The second-order valence-electron chi connectivity index (χ2n) is 6.54. The molecule has 0 aliphatic rings. The number of H-pyrrole nitrogens is 1. The number of ether oxygens (including phenoxy) is 1. The Labute approximate surface area is 195 Å². The van der Waals surface area contributed by atoms with Crippen LogP contribution in [0.4, 0.5) is 0 Å². The summed E-state index contributed by atoms with van der Waals surface area (Å²) < 4.78 is 33.3. The van der Waals surface area contributed by atoms with Crippen LogP contribution in [0.5, 0.6) is 5.75 Å². The molecule has 0 aliphatic carbocycles. The van der Waals surface area contributed by atoms with E-state index in [0.717, 1.165) is 9.87 Å². The first kappa shape index (κ1) is 24.1. The molecule has 2 N–H and O–H groups in total. The molecule has 0 radical (unpaired) electrons. The number of rotatable bonds is 11. The third kappa shape index (κ3) is 6.45. The van der Waals surface area contributed by atoms with E-state index in [9.17, 15) is 13.2 Å². The maximum atomic E-state index is 13.5. The minimum Gasteiger partial charge on any atom is -0.495 e. The number of carbonyl (C=O) groups is 1. The lowest BCUT2D eigenvalue weighted by Crippen LogP contribution is -2.41. The fourth-order valence-corrected chi connectivity index (χ4v) is 5.26. The van der Waals surface area contributed by atoms with E-state index in [-0.39, 0.29) is 28.8 Å². The summed E-state index contributed by atoms with van der Waals surface area (Å²) in [7, 11) is -2.71. The highest BCUT2D eigenvalue weighted by Gasteiger charge is 2.30. The molecular weight excluding hydrogens is 474 g/mol. The topological polar surface area (TPSA) is 117 Å². The molecule has 9 nitrogen and oxygen atoms in total. The molecule has 0 saturated heterocycles. The number of thioether (sulfide) groups is 1. The van der Waals surface area contributed by atoms with Gasteiger partial charge in [-0.2, -0.15) is 9.40 Å². The number of aromatic nitrogens is 3. The minimum atomic E-state index is -4.09. The van der Waals surface area contributed by atoms with Crippen molar-refractivity contribution < 1.29 is 17.9 Å². The highest BCUT2D eigenvalue weighted by molar-refractivity contribution is 7.99. The van der Waals surface area contributed by atoms with Crippen LogP contribution in [0, 0.1) is 0 Å². The van der Waals surface area contributed by atoms with Crippen molar-refractivity contribution in [1.82, 2.24) is 24.8 Å². The molecule has 2 aromatic carbocycles.